The maximum Gasteiger partial charge on any atom is 0.297 e. The van der Waals surface area contributed by atoms with Crippen molar-refractivity contribution in [1.82, 2.24) is 4.98 Å². The molecule has 1 unspecified atom stereocenters. The molecule has 5 rings (SSSR count). The van der Waals surface area contributed by atoms with Crippen LogP contribution in [0.5, 0.6) is 0 Å². The lowest BCUT2D eigenvalue weighted by molar-refractivity contribution is -0.384. The van der Waals surface area contributed by atoms with E-state index >= 15 is 0 Å². The van der Waals surface area contributed by atoms with Crippen LogP contribution in [0.2, 0.25) is 0 Å². The molecule has 0 radical (unpaired) electrons. The quantitative estimate of drug-likeness (QED) is 0.309. The van der Waals surface area contributed by atoms with Gasteiger partial charge in [-0.05, 0) is 23.8 Å². The number of fused-ring (bicyclic) bond motifs is 2. The van der Waals surface area contributed by atoms with E-state index in [1.165, 1.54) is 34.4 Å². The summed E-state index contributed by atoms with van der Waals surface area (Å²) in [5.74, 6) is -0.597. The monoisotopic (exact) mass is 483 g/mol. The first kappa shape index (κ1) is 18.6. The standard InChI is InChI=1S/C20H10BrN3O5S/c21-11-4-5-14-13(9-11)17(25)15-16(10-2-1-3-12(8-10)24(27)28)23(19(26)18(15)29-14)20-22-6-7-30-20/h1-9,16H. The van der Waals surface area contributed by atoms with E-state index in [1.54, 1.807) is 35.8 Å². The van der Waals surface area contributed by atoms with Crippen LogP contribution in [0, 0.1) is 10.1 Å². The van der Waals surface area contributed by atoms with Crippen molar-refractivity contribution >= 4 is 55.0 Å². The minimum absolute atomic E-state index is 0.0819. The number of nitro benzene ring substituents is 1. The second-order valence-electron chi connectivity index (χ2n) is 6.56. The third kappa shape index (κ3) is 2.76. The number of hydrogen-bond acceptors (Lipinski definition) is 7. The van der Waals surface area contributed by atoms with Gasteiger partial charge in [-0.1, -0.05) is 28.1 Å². The first-order valence-electron chi connectivity index (χ1n) is 8.69. The van der Waals surface area contributed by atoms with Gasteiger partial charge in [0, 0.05) is 28.2 Å². The molecule has 30 heavy (non-hydrogen) atoms. The number of rotatable bonds is 3. The third-order valence-electron chi connectivity index (χ3n) is 4.85. The molecule has 1 amide bonds. The highest BCUT2D eigenvalue weighted by atomic mass is 79.9. The molecule has 148 valence electrons. The summed E-state index contributed by atoms with van der Waals surface area (Å²) in [7, 11) is 0. The van der Waals surface area contributed by atoms with Crippen molar-refractivity contribution in [1.29, 1.82) is 0 Å². The van der Waals surface area contributed by atoms with E-state index < -0.39 is 16.9 Å². The maximum absolute atomic E-state index is 13.4. The number of halogens is 1. The Hall–Kier alpha value is -3.37. The van der Waals surface area contributed by atoms with Crippen LogP contribution in [0.15, 0.2) is 67.7 Å². The van der Waals surface area contributed by atoms with E-state index in [1.807, 2.05) is 0 Å². The summed E-state index contributed by atoms with van der Waals surface area (Å²) in [6.45, 7) is 0. The Morgan fingerprint density at radius 1 is 1.20 bits per heavy atom. The summed E-state index contributed by atoms with van der Waals surface area (Å²) in [4.78, 5) is 43.1. The van der Waals surface area contributed by atoms with Gasteiger partial charge in [-0.25, -0.2) is 4.98 Å². The Kier molecular flexibility index (Phi) is 4.26. The summed E-state index contributed by atoms with van der Waals surface area (Å²) in [6.07, 6.45) is 1.55. The first-order valence-corrected chi connectivity index (χ1v) is 10.4. The number of nitrogens with zero attached hydrogens (tertiary/aromatic N) is 3. The fraction of sp³-hybridized carbons (Fsp3) is 0.0500. The van der Waals surface area contributed by atoms with Crippen LogP contribution in [-0.4, -0.2) is 15.8 Å². The lowest BCUT2D eigenvalue weighted by Crippen LogP contribution is -2.29. The molecule has 2 aromatic carbocycles. The number of benzene rings is 2. The van der Waals surface area contributed by atoms with Gasteiger partial charge in [-0.2, -0.15) is 0 Å². The molecule has 1 aliphatic heterocycles. The average molecular weight is 484 g/mol. The van der Waals surface area contributed by atoms with E-state index in [-0.39, 0.29) is 28.0 Å². The zero-order valence-corrected chi connectivity index (χ0v) is 17.3. The molecule has 4 aromatic rings. The highest BCUT2D eigenvalue weighted by Crippen LogP contribution is 2.42. The molecule has 10 heteroatoms. The highest BCUT2D eigenvalue weighted by Gasteiger charge is 2.45. The fourth-order valence-electron chi connectivity index (χ4n) is 3.60. The average Bonchev–Trinajstić information content (AvgIpc) is 3.35. The maximum atomic E-state index is 13.4. The summed E-state index contributed by atoms with van der Waals surface area (Å²) < 4.78 is 6.53. The van der Waals surface area contributed by atoms with Gasteiger partial charge in [-0.15, -0.1) is 11.3 Å². The predicted octanol–water partition coefficient (Wildman–Crippen LogP) is 4.67. The zero-order chi connectivity index (χ0) is 21.0. The molecule has 1 aliphatic rings. The van der Waals surface area contributed by atoms with Crippen molar-refractivity contribution in [3.05, 3.63) is 95.7 Å². The topological polar surface area (TPSA) is 107 Å². The zero-order valence-electron chi connectivity index (χ0n) is 14.9. The Bertz CT molecular complexity index is 1400. The summed E-state index contributed by atoms with van der Waals surface area (Å²) in [5.41, 5.74) is 0.348. The molecule has 0 aliphatic carbocycles. The second-order valence-corrected chi connectivity index (χ2v) is 8.35. The van der Waals surface area contributed by atoms with E-state index in [2.05, 4.69) is 20.9 Å². The van der Waals surface area contributed by atoms with Gasteiger partial charge in [0.15, 0.2) is 10.6 Å². The minimum Gasteiger partial charge on any atom is -0.450 e. The minimum atomic E-state index is -0.891. The fourth-order valence-corrected chi connectivity index (χ4v) is 4.63. The van der Waals surface area contributed by atoms with Crippen molar-refractivity contribution in [2.75, 3.05) is 4.90 Å². The Morgan fingerprint density at radius 2 is 2.03 bits per heavy atom. The number of thiazole rings is 1. The van der Waals surface area contributed by atoms with Gasteiger partial charge < -0.3 is 4.42 Å². The highest BCUT2D eigenvalue weighted by molar-refractivity contribution is 9.10. The molecule has 8 nitrogen and oxygen atoms in total. The van der Waals surface area contributed by atoms with E-state index in [0.717, 1.165) is 0 Å². The summed E-state index contributed by atoms with van der Waals surface area (Å²) in [5, 5.41) is 13.7. The van der Waals surface area contributed by atoms with E-state index in [4.69, 9.17) is 4.42 Å². The van der Waals surface area contributed by atoms with Gasteiger partial charge in [0.05, 0.1) is 21.9 Å². The number of aromatic nitrogens is 1. The number of hydrogen-bond donors (Lipinski definition) is 0. The van der Waals surface area contributed by atoms with Crippen molar-refractivity contribution in [2.45, 2.75) is 6.04 Å². The number of anilines is 1. The van der Waals surface area contributed by atoms with Gasteiger partial charge in [0.1, 0.15) is 5.58 Å². The molecule has 0 spiro atoms. The van der Waals surface area contributed by atoms with E-state index in [0.29, 0.717) is 20.6 Å². The Balaban J connectivity index is 1.83. The summed E-state index contributed by atoms with van der Waals surface area (Å²) >= 11 is 4.57. The normalized spacial score (nSPS) is 15.6. The molecule has 0 bridgehead atoms. The molecule has 2 aromatic heterocycles. The van der Waals surface area contributed by atoms with Gasteiger partial charge in [0.25, 0.3) is 11.6 Å². The van der Waals surface area contributed by atoms with Gasteiger partial charge in [0.2, 0.25) is 5.76 Å². The number of non-ortho nitro benzene ring substituents is 1. The number of amides is 1. The number of carbonyl (C=O) groups is 1. The molecule has 0 fully saturated rings. The molecule has 0 saturated heterocycles. The molecular weight excluding hydrogens is 474 g/mol. The lowest BCUT2D eigenvalue weighted by atomic mass is 9.98. The second kappa shape index (κ2) is 6.85. The lowest BCUT2D eigenvalue weighted by Gasteiger charge is -2.22. The van der Waals surface area contributed by atoms with Crippen LogP contribution in [0.1, 0.15) is 27.7 Å². The smallest absolute Gasteiger partial charge is 0.297 e. The van der Waals surface area contributed by atoms with E-state index in [9.17, 15) is 19.7 Å². The Morgan fingerprint density at radius 3 is 2.77 bits per heavy atom. The van der Waals surface area contributed by atoms with Crippen LogP contribution < -0.4 is 10.3 Å². The van der Waals surface area contributed by atoms with Crippen molar-refractivity contribution < 1.29 is 14.1 Å². The SMILES string of the molecule is O=C1c2oc3ccc(Br)cc3c(=O)c2C(c2cccc([N+](=O)[O-])c2)N1c1nccs1. The van der Waals surface area contributed by atoms with Crippen molar-refractivity contribution in [2.24, 2.45) is 0 Å². The number of carbonyl (C=O) groups excluding carboxylic acids is 1. The predicted molar refractivity (Wildman–Crippen MR) is 114 cm³/mol. The molecule has 0 N–H and O–H groups in total. The summed E-state index contributed by atoms with van der Waals surface area (Å²) in [6, 6.07) is 9.95. The Labute approximate surface area is 180 Å². The first-order chi connectivity index (χ1) is 14.5. The third-order valence-corrected chi connectivity index (χ3v) is 6.12. The van der Waals surface area contributed by atoms with Crippen molar-refractivity contribution in [3.8, 4) is 0 Å². The van der Waals surface area contributed by atoms with Gasteiger partial charge >= 0.3 is 0 Å². The molecule has 1 atom stereocenters. The van der Waals surface area contributed by atoms with Crippen LogP contribution in [-0.2, 0) is 0 Å². The van der Waals surface area contributed by atoms with Crippen LogP contribution >= 0.6 is 27.3 Å². The molecule has 3 heterocycles. The number of nitro groups is 1. The van der Waals surface area contributed by atoms with Crippen LogP contribution in [0.25, 0.3) is 11.0 Å². The largest absolute Gasteiger partial charge is 0.450 e. The van der Waals surface area contributed by atoms with Crippen LogP contribution in [0.3, 0.4) is 0 Å². The van der Waals surface area contributed by atoms with Gasteiger partial charge in [-0.3, -0.25) is 24.6 Å². The van der Waals surface area contributed by atoms with Crippen LogP contribution in [0.4, 0.5) is 10.8 Å². The molecule has 0 saturated carbocycles. The van der Waals surface area contributed by atoms with Crippen molar-refractivity contribution in [3.63, 3.8) is 0 Å². The molecular formula is C20H10BrN3O5S.